The Morgan fingerprint density at radius 1 is 1.16 bits per heavy atom. The van der Waals surface area contributed by atoms with E-state index in [1.165, 1.54) is 12.1 Å². The molecule has 0 saturated carbocycles. The van der Waals surface area contributed by atoms with Gasteiger partial charge < -0.3 is 20.2 Å². The lowest BCUT2D eigenvalue weighted by atomic mass is 10.1. The smallest absolute Gasteiger partial charge is 0.317 e. The van der Waals surface area contributed by atoms with Gasteiger partial charge in [-0.15, -0.1) is 0 Å². The summed E-state index contributed by atoms with van der Waals surface area (Å²) in [4.78, 5) is 38.0. The van der Waals surface area contributed by atoms with Crippen LogP contribution in [0.15, 0.2) is 18.2 Å². The molecule has 2 N–H and O–H groups in total. The third-order valence-corrected chi connectivity index (χ3v) is 4.17. The molecule has 0 atom stereocenters. The van der Waals surface area contributed by atoms with Gasteiger partial charge in [-0.1, -0.05) is 11.6 Å². The molecule has 1 aliphatic heterocycles. The minimum Gasteiger partial charge on any atom is -0.481 e. The first kappa shape index (κ1) is 19.0. The number of nitrogens with one attached hydrogen (secondary N) is 1. The molecular formula is C16H19ClFN3O4. The van der Waals surface area contributed by atoms with Crippen LogP contribution in [0.2, 0.25) is 5.02 Å². The summed E-state index contributed by atoms with van der Waals surface area (Å²) in [6.07, 6.45) is 0.365. The van der Waals surface area contributed by atoms with Crippen molar-refractivity contribution in [2.24, 2.45) is 0 Å². The van der Waals surface area contributed by atoms with Gasteiger partial charge in [0.25, 0.3) is 5.91 Å². The number of hydrogen-bond donors (Lipinski definition) is 2. The highest BCUT2D eigenvalue weighted by molar-refractivity contribution is 6.33. The molecule has 1 saturated heterocycles. The third-order valence-electron chi connectivity index (χ3n) is 3.86. The van der Waals surface area contributed by atoms with E-state index in [-0.39, 0.29) is 35.5 Å². The van der Waals surface area contributed by atoms with Gasteiger partial charge in [0.05, 0.1) is 10.6 Å². The van der Waals surface area contributed by atoms with Crippen LogP contribution in [-0.4, -0.2) is 65.5 Å². The fourth-order valence-electron chi connectivity index (χ4n) is 2.49. The molecule has 1 aromatic carbocycles. The predicted octanol–water partition coefficient (Wildman–Crippen LogP) is 1.81. The summed E-state index contributed by atoms with van der Waals surface area (Å²) in [6, 6.07) is 3.34. The van der Waals surface area contributed by atoms with Gasteiger partial charge in [0.1, 0.15) is 5.82 Å². The van der Waals surface area contributed by atoms with Crippen LogP contribution in [0.25, 0.3) is 0 Å². The van der Waals surface area contributed by atoms with Crippen molar-refractivity contribution in [1.29, 1.82) is 0 Å². The van der Waals surface area contributed by atoms with Crippen LogP contribution in [-0.2, 0) is 4.79 Å². The van der Waals surface area contributed by atoms with E-state index in [1.54, 1.807) is 9.80 Å². The second-order valence-electron chi connectivity index (χ2n) is 5.63. The molecule has 2 rings (SSSR count). The molecule has 7 nitrogen and oxygen atoms in total. The molecule has 9 heteroatoms. The van der Waals surface area contributed by atoms with E-state index in [0.717, 1.165) is 6.07 Å². The average Bonchev–Trinajstić information content (AvgIpc) is 2.58. The monoisotopic (exact) mass is 371 g/mol. The number of halogens is 2. The van der Waals surface area contributed by atoms with E-state index in [9.17, 15) is 18.8 Å². The first-order valence-electron chi connectivity index (χ1n) is 7.87. The number of carbonyl (C=O) groups is 3. The van der Waals surface area contributed by atoms with Crippen molar-refractivity contribution in [2.45, 2.75) is 12.8 Å². The van der Waals surface area contributed by atoms with Gasteiger partial charge in [-0.05, 0) is 24.6 Å². The molecule has 1 heterocycles. The molecule has 0 radical (unpaired) electrons. The second-order valence-corrected chi connectivity index (χ2v) is 6.04. The van der Waals surface area contributed by atoms with Crippen molar-refractivity contribution in [1.82, 2.24) is 15.1 Å². The standard InChI is InChI=1S/C16H19ClFN3O4/c17-13-10-11(18)3-4-12(13)15(24)20-6-8-21(9-7-20)16(25)19-5-1-2-14(22)23/h3-4,10H,1-2,5-9H2,(H,19,25)(H,22,23). The minimum atomic E-state index is -0.902. The van der Waals surface area contributed by atoms with Crippen LogP contribution in [0.1, 0.15) is 23.2 Å². The fourth-order valence-corrected chi connectivity index (χ4v) is 2.74. The van der Waals surface area contributed by atoms with E-state index in [2.05, 4.69) is 5.32 Å². The molecule has 0 aliphatic carbocycles. The van der Waals surface area contributed by atoms with Gasteiger partial charge in [-0.2, -0.15) is 0 Å². The lowest BCUT2D eigenvalue weighted by Gasteiger charge is -2.34. The molecule has 136 valence electrons. The topological polar surface area (TPSA) is 89.9 Å². The number of carboxylic acid groups (broad SMARTS) is 1. The zero-order valence-corrected chi connectivity index (χ0v) is 14.3. The summed E-state index contributed by atoms with van der Waals surface area (Å²) in [5, 5.41) is 11.3. The van der Waals surface area contributed by atoms with Crippen LogP contribution in [0.4, 0.5) is 9.18 Å². The Labute approximate surface area is 149 Å². The van der Waals surface area contributed by atoms with Crippen molar-refractivity contribution in [3.63, 3.8) is 0 Å². The number of carbonyl (C=O) groups excluding carboxylic acids is 2. The Hall–Kier alpha value is -2.35. The van der Waals surface area contributed by atoms with E-state index in [1.807, 2.05) is 0 Å². The summed E-state index contributed by atoms with van der Waals surface area (Å²) < 4.78 is 13.1. The molecule has 0 aromatic heterocycles. The van der Waals surface area contributed by atoms with Gasteiger partial charge in [0.2, 0.25) is 0 Å². The Morgan fingerprint density at radius 2 is 1.80 bits per heavy atom. The van der Waals surface area contributed by atoms with Crippen molar-refractivity contribution in [3.8, 4) is 0 Å². The maximum atomic E-state index is 13.1. The Kier molecular flexibility index (Phi) is 6.58. The van der Waals surface area contributed by atoms with Gasteiger partial charge in [0, 0.05) is 39.1 Å². The summed E-state index contributed by atoms with van der Waals surface area (Å²) in [5.41, 5.74) is 0.231. The molecule has 0 bridgehead atoms. The highest BCUT2D eigenvalue weighted by Gasteiger charge is 2.25. The maximum absolute atomic E-state index is 13.1. The molecule has 1 fully saturated rings. The number of benzene rings is 1. The van der Waals surface area contributed by atoms with Crippen LogP contribution >= 0.6 is 11.6 Å². The van der Waals surface area contributed by atoms with Crippen molar-refractivity contribution in [3.05, 3.63) is 34.6 Å². The van der Waals surface area contributed by atoms with Crippen molar-refractivity contribution in [2.75, 3.05) is 32.7 Å². The maximum Gasteiger partial charge on any atom is 0.317 e. The molecule has 0 unspecified atom stereocenters. The van der Waals surface area contributed by atoms with E-state index in [4.69, 9.17) is 16.7 Å². The molecule has 1 aliphatic rings. The highest BCUT2D eigenvalue weighted by atomic mass is 35.5. The minimum absolute atomic E-state index is 0.000981. The molecule has 1 aromatic rings. The Morgan fingerprint density at radius 3 is 2.40 bits per heavy atom. The summed E-state index contributed by atoms with van der Waals surface area (Å²) in [7, 11) is 0. The number of rotatable bonds is 5. The SMILES string of the molecule is O=C(O)CCCNC(=O)N1CCN(C(=O)c2ccc(F)cc2Cl)CC1. The van der Waals surface area contributed by atoms with Crippen molar-refractivity contribution < 1.29 is 23.9 Å². The van der Waals surface area contributed by atoms with Gasteiger partial charge >= 0.3 is 12.0 Å². The second kappa shape index (κ2) is 8.66. The van der Waals surface area contributed by atoms with Gasteiger partial charge in [-0.25, -0.2) is 9.18 Å². The van der Waals surface area contributed by atoms with Crippen LogP contribution < -0.4 is 5.32 Å². The highest BCUT2D eigenvalue weighted by Crippen LogP contribution is 2.19. The first-order valence-corrected chi connectivity index (χ1v) is 8.25. The number of aliphatic carboxylic acids is 1. The number of piperazine rings is 1. The number of carboxylic acids is 1. The molecule has 25 heavy (non-hydrogen) atoms. The zero-order valence-electron chi connectivity index (χ0n) is 13.5. The summed E-state index contributed by atoms with van der Waals surface area (Å²) in [5.74, 6) is -1.71. The summed E-state index contributed by atoms with van der Waals surface area (Å²) in [6.45, 7) is 1.68. The van der Waals surface area contributed by atoms with Gasteiger partial charge in [-0.3, -0.25) is 9.59 Å². The molecule has 3 amide bonds. The van der Waals surface area contributed by atoms with Crippen LogP contribution in [0.3, 0.4) is 0 Å². The van der Waals surface area contributed by atoms with Crippen LogP contribution in [0.5, 0.6) is 0 Å². The Balaban J connectivity index is 1.81. The normalized spacial score (nSPS) is 14.3. The van der Waals surface area contributed by atoms with E-state index < -0.39 is 11.8 Å². The Bertz CT molecular complexity index is 663. The molecular weight excluding hydrogens is 353 g/mol. The lowest BCUT2D eigenvalue weighted by Crippen LogP contribution is -2.53. The fraction of sp³-hybridized carbons (Fsp3) is 0.438. The molecule has 0 spiro atoms. The number of hydrogen-bond acceptors (Lipinski definition) is 3. The third kappa shape index (κ3) is 5.32. The van der Waals surface area contributed by atoms with E-state index >= 15 is 0 Å². The first-order chi connectivity index (χ1) is 11.9. The number of nitrogens with zero attached hydrogens (tertiary/aromatic N) is 2. The quantitative estimate of drug-likeness (QED) is 0.772. The largest absolute Gasteiger partial charge is 0.481 e. The zero-order chi connectivity index (χ0) is 18.4. The summed E-state index contributed by atoms with van der Waals surface area (Å²) >= 11 is 5.91. The van der Waals surface area contributed by atoms with Crippen molar-refractivity contribution >= 4 is 29.5 Å². The van der Waals surface area contributed by atoms with Gasteiger partial charge in [0.15, 0.2) is 0 Å². The number of amides is 3. The number of urea groups is 1. The van der Waals surface area contributed by atoms with E-state index in [0.29, 0.717) is 32.6 Å². The lowest BCUT2D eigenvalue weighted by molar-refractivity contribution is -0.137. The van der Waals surface area contributed by atoms with Crippen LogP contribution in [0, 0.1) is 5.82 Å². The average molecular weight is 372 g/mol. The predicted molar refractivity (Wildman–Crippen MR) is 89.2 cm³/mol.